The van der Waals surface area contributed by atoms with E-state index < -0.39 is 11.7 Å². The summed E-state index contributed by atoms with van der Waals surface area (Å²) in [5, 5.41) is 2.85. The smallest absolute Gasteiger partial charge is 0.283 e. The van der Waals surface area contributed by atoms with Gasteiger partial charge in [0.1, 0.15) is 0 Å². The molecule has 0 atom stereocenters. The van der Waals surface area contributed by atoms with Gasteiger partial charge in [0.15, 0.2) is 5.83 Å². The van der Waals surface area contributed by atoms with Gasteiger partial charge in [-0.05, 0) is 24.3 Å². The van der Waals surface area contributed by atoms with Crippen molar-refractivity contribution in [1.82, 2.24) is 0 Å². The topological polar surface area (TPSA) is 29.1 Å². The Morgan fingerprint density at radius 3 is 2.38 bits per heavy atom. The lowest BCUT2D eigenvalue weighted by Crippen LogP contribution is -2.10. The predicted molar refractivity (Wildman–Crippen MR) is 50.3 cm³/mol. The van der Waals surface area contributed by atoms with Crippen LogP contribution in [0.25, 0.3) is 0 Å². The van der Waals surface area contributed by atoms with Crippen molar-refractivity contribution in [3.8, 4) is 0 Å². The summed E-state index contributed by atoms with van der Waals surface area (Å²) in [4.78, 5) is 10.8. The number of rotatable bonds is 2. The zero-order chi connectivity index (χ0) is 9.84. The Morgan fingerprint density at radius 2 is 1.92 bits per heavy atom. The van der Waals surface area contributed by atoms with E-state index in [4.69, 9.17) is 11.6 Å². The van der Waals surface area contributed by atoms with Crippen LogP contribution in [-0.4, -0.2) is 5.91 Å². The van der Waals surface area contributed by atoms with E-state index in [-0.39, 0.29) is 0 Å². The van der Waals surface area contributed by atoms with Crippen LogP contribution in [0.2, 0.25) is 5.02 Å². The van der Waals surface area contributed by atoms with E-state index in [0.717, 1.165) is 0 Å². The molecule has 0 saturated heterocycles. The summed E-state index contributed by atoms with van der Waals surface area (Å²) >= 11 is 5.61. The lowest BCUT2D eigenvalue weighted by molar-refractivity contribution is -0.114. The van der Waals surface area contributed by atoms with E-state index in [1.807, 2.05) is 0 Å². The minimum atomic E-state index is -1.02. The fourth-order valence-electron chi connectivity index (χ4n) is 0.732. The van der Waals surface area contributed by atoms with Crippen molar-refractivity contribution >= 4 is 23.2 Å². The van der Waals surface area contributed by atoms with Crippen LogP contribution in [0.4, 0.5) is 10.1 Å². The van der Waals surface area contributed by atoms with Crippen LogP contribution >= 0.6 is 11.6 Å². The zero-order valence-corrected chi connectivity index (χ0v) is 7.44. The van der Waals surface area contributed by atoms with E-state index >= 15 is 0 Å². The highest BCUT2D eigenvalue weighted by atomic mass is 35.5. The maximum Gasteiger partial charge on any atom is 0.283 e. The molecule has 1 rings (SSSR count). The first-order valence-electron chi connectivity index (χ1n) is 3.51. The van der Waals surface area contributed by atoms with Gasteiger partial charge in [-0.15, -0.1) is 0 Å². The number of benzene rings is 1. The summed E-state index contributed by atoms with van der Waals surface area (Å²) < 4.78 is 12.2. The summed E-state index contributed by atoms with van der Waals surface area (Å²) in [6, 6.07) is 6.34. The monoisotopic (exact) mass is 199 g/mol. The van der Waals surface area contributed by atoms with Gasteiger partial charge in [-0.2, -0.15) is 0 Å². The molecule has 0 radical (unpaired) electrons. The maximum absolute atomic E-state index is 12.2. The second-order valence-corrected chi connectivity index (χ2v) is 2.80. The molecule has 0 heterocycles. The van der Waals surface area contributed by atoms with Crippen LogP contribution in [0.15, 0.2) is 36.7 Å². The number of carbonyl (C=O) groups is 1. The van der Waals surface area contributed by atoms with Gasteiger partial charge in [0.2, 0.25) is 0 Å². The molecule has 0 saturated carbocycles. The fraction of sp³-hybridized carbons (Fsp3) is 0. The Bertz CT molecular complexity index is 334. The molecule has 13 heavy (non-hydrogen) atoms. The molecule has 0 fully saturated rings. The molecule has 4 heteroatoms. The first-order valence-corrected chi connectivity index (χ1v) is 3.88. The van der Waals surface area contributed by atoms with E-state index in [9.17, 15) is 9.18 Å². The number of hydrogen-bond acceptors (Lipinski definition) is 1. The molecule has 1 aromatic rings. The van der Waals surface area contributed by atoms with E-state index in [1.54, 1.807) is 24.3 Å². The second kappa shape index (κ2) is 4.05. The normalized spacial score (nSPS) is 9.38. The molecule has 0 aliphatic heterocycles. The van der Waals surface area contributed by atoms with Gasteiger partial charge in [-0.3, -0.25) is 4.79 Å². The van der Waals surface area contributed by atoms with Crippen molar-refractivity contribution < 1.29 is 9.18 Å². The third-order valence-corrected chi connectivity index (χ3v) is 1.60. The van der Waals surface area contributed by atoms with Gasteiger partial charge >= 0.3 is 0 Å². The highest BCUT2D eigenvalue weighted by molar-refractivity contribution is 6.30. The quantitative estimate of drug-likeness (QED) is 0.730. The SMILES string of the molecule is C=C(F)C(=O)Nc1ccc(Cl)cc1. The largest absolute Gasteiger partial charge is 0.320 e. The van der Waals surface area contributed by atoms with Gasteiger partial charge in [-0.25, -0.2) is 4.39 Å². The van der Waals surface area contributed by atoms with Gasteiger partial charge in [0.05, 0.1) is 0 Å². The first-order chi connectivity index (χ1) is 6.09. The molecule has 0 bridgehead atoms. The molecular formula is C9H7ClFNO. The van der Waals surface area contributed by atoms with Gasteiger partial charge in [-0.1, -0.05) is 18.2 Å². The van der Waals surface area contributed by atoms with Crippen LogP contribution in [-0.2, 0) is 4.79 Å². The van der Waals surface area contributed by atoms with E-state index in [2.05, 4.69) is 11.9 Å². The third-order valence-electron chi connectivity index (χ3n) is 1.35. The summed E-state index contributed by atoms with van der Waals surface area (Å²) in [5.74, 6) is -1.86. The van der Waals surface area contributed by atoms with E-state index in [1.165, 1.54) is 0 Å². The van der Waals surface area contributed by atoms with Gasteiger partial charge in [0, 0.05) is 10.7 Å². The van der Waals surface area contributed by atoms with Crippen molar-refractivity contribution in [2.45, 2.75) is 0 Å². The van der Waals surface area contributed by atoms with Crippen LogP contribution in [0.1, 0.15) is 0 Å². The molecule has 0 aliphatic rings. The Balaban J connectivity index is 2.70. The first kappa shape index (κ1) is 9.74. The van der Waals surface area contributed by atoms with Crippen LogP contribution in [0.5, 0.6) is 0 Å². The molecule has 1 amide bonds. The Kier molecular flexibility index (Phi) is 3.03. The summed E-state index contributed by atoms with van der Waals surface area (Å²) in [6.45, 7) is 2.86. The number of halogens is 2. The van der Waals surface area contributed by atoms with Crippen LogP contribution in [0, 0.1) is 0 Å². The summed E-state index contributed by atoms with van der Waals surface area (Å²) in [6.07, 6.45) is 0. The van der Waals surface area contributed by atoms with Crippen molar-refractivity contribution in [3.63, 3.8) is 0 Å². The number of hydrogen-bond donors (Lipinski definition) is 1. The number of nitrogens with one attached hydrogen (secondary N) is 1. The predicted octanol–water partition coefficient (Wildman–Crippen LogP) is 2.76. The molecule has 0 spiro atoms. The molecule has 0 aliphatic carbocycles. The Morgan fingerprint density at radius 1 is 1.38 bits per heavy atom. The molecule has 0 aromatic heterocycles. The number of carbonyl (C=O) groups excluding carboxylic acids is 1. The molecule has 1 N–H and O–H groups in total. The average molecular weight is 200 g/mol. The third kappa shape index (κ3) is 2.87. The average Bonchev–Trinajstić information content (AvgIpc) is 2.08. The van der Waals surface area contributed by atoms with Gasteiger partial charge < -0.3 is 5.32 Å². The fourth-order valence-corrected chi connectivity index (χ4v) is 0.858. The van der Waals surface area contributed by atoms with Crippen LogP contribution in [0.3, 0.4) is 0 Å². The Hall–Kier alpha value is -1.35. The minimum Gasteiger partial charge on any atom is -0.320 e. The standard InChI is InChI=1S/C9H7ClFNO/c1-6(11)9(13)12-8-4-2-7(10)3-5-8/h2-5H,1H2,(H,12,13). The lowest BCUT2D eigenvalue weighted by Gasteiger charge is -2.01. The summed E-state index contributed by atoms with van der Waals surface area (Å²) in [5.41, 5.74) is 0.480. The van der Waals surface area contributed by atoms with Crippen molar-refractivity contribution in [2.75, 3.05) is 5.32 Å². The molecule has 1 aromatic carbocycles. The summed E-state index contributed by atoms with van der Waals surface area (Å²) in [7, 11) is 0. The van der Waals surface area contributed by atoms with E-state index in [0.29, 0.717) is 10.7 Å². The Labute approximate surface area is 80.0 Å². The number of anilines is 1. The molecule has 2 nitrogen and oxygen atoms in total. The van der Waals surface area contributed by atoms with Crippen LogP contribution < -0.4 is 5.32 Å². The van der Waals surface area contributed by atoms with Crippen molar-refractivity contribution in [3.05, 3.63) is 41.7 Å². The van der Waals surface area contributed by atoms with Crippen molar-refractivity contribution in [1.29, 1.82) is 0 Å². The zero-order valence-electron chi connectivity index (χ0n) is 6.68. The molecular weight excluding hydrogens is 193 g/mol. The maximum atomic E-state index is 12.2. The second-order valence-electron chi connectivity index (χ2n) is 2.37. The van der Waals surface area contributed by atoms with Gasteiger partial charge in [0.25, 0.3) is 5.91 Å². The molecule has 68 valence electrons. The number of amides is 1. The lowest BCUT2D eigenvalue weighted by atomic mass is 10.3. The van der Waals surface area contributed by atoms with Crippen molar-refractivity contribution in [2.24, 2.45) is 0 Å². The molecule has 0 unspecified atom stereocenters. The highest BCUT2D eigenvalue weighted by Crippen LogP contribution is 2.13. The highest BCUT2D eigenvalue weighted by Gasteiger charge is 2.04. The minimum absolute atomic E-state index is 0.480.